The SMILES string of the molecule is CC(C)Oc1ccccc1CNc1cccc(C(=O)O)c1. The van der Waals surface area contributed by atoms with Gasteiger partial charge in [-0.1, -0.05) is 24.3 Å². The molecule has 0 spiro atoms. The van der Waals surface area contributed by atoms with E-state index in [9.17, 15) is 4.79 Å². The van der Waals surface area contributed by atoms with Crippen molar-refractivity contribution < 1.29 is 14.6 Å². The summed E-state index contributed by atoms with van der Waals surface area (Å²) < 4.78 is 5.76. The van der Waals surface area contributed by atoms with Crippen molar-refractivity contribution in [2.24, 2.45) is 0 Å². The zero-order valence-electron chi connectivity index (χ0n) is 12.2. The standard InChI is InChI=1S/C17H19NO3/c1-12(2)21-16-9-4-3-6-14(16)11-18-15-8-5-7-13(10-15)17(19)20/h3-10,12,18H,11H2,1-2H3,(H,19,20). The highest BCUT2D eigenvalue weighted by molar-refractivity contribution is 5.88. The van der Waals surface area contributed by atoms with E-state index in [1.807, 2.05) is 44.2 Å². The fourth-order valence-corrected chi connectivity index (χ4v) is 1.98. The molecule has 0 aliphatic heterocycles. The molecule has 0 unspecified atom stereocenters. The number of carbonyl (C=O) groups is 1. The van der Waals surface area contributed by atoms with Crippen LogP contribution in [-0.2, 0) is 6.54 Å². The van der Waals surface area contributed by atoms with Crippen LogP contribution in [0.3, 0.4) is 0 Å². The highest BCUT2D eigenvalue weighted by Gasteiger charge is 2.06. The topological polar surface area (TPSA) is 58.6 Å². The number of para-hydroxylation sites is 1. The molecule has 0 aromatic heterocycles. The Morgan fingerprint density at radius 3 is 2.67 bits per heavy atom. The molecule has 0 saturated heterocycles. The zero-order valence-corrected chi connectivity index (χ0v) is 12.2. The molecule has 110 valence electrons. The van der Waals surface area contributed by atoms with Crippen molar-refractivity contribution in [2.75, 3.05) is 5.32 Å². The number of rotatable bonds is 6. The highest BCUT2D eigenvalue weighted by atomic mass is 16.5. The Morgan fingerprint density at radius 1 is 1.19 bits per heavy atom. The van der Waals surface area contributed by atoms with Crippen LogP contribution in [0.4, 0.5) is 5.69 Å². The molecular weight excluding hydrogens is 266 g/mol. The van der Waals surface area contributed by atoms with Crippen molar-refractivity contribution >= 4 is 11.7 Å². The molecule has 4 heteroatoms. The first-order valence-electron chi connectivity index (χ1n) is 6.88. The van der Waals surface area contributed by atoms with Gasteiger partial charge in [0, 0.05) is 17.8 Å². The molecule has 2 aromatic rings. The van der Waals surface area contributed by atoms with E-state index >= 15 is 0 Å². The number of hydrogen-bond acceptors (Lipinski definition) is 3. The molecule has 0 heterocycles. The van der Waals surface area contributed by atoms with Crippen LogP contribution in [0.25, 0.3) is 0 Å². The predicted octanol–water partition coefficient (Wildman–Crippen LogP) is 3.78. The zero-order chi connectivity index (χ0) is 15.2. The molecule has 2 rings (SSSR count). The lowest BCUT2D eigenvalue weighted by Gasteiger charge is -2.15. The maximum absolute atomic E-state index is 11.0. The Kier molecular flexibility index (Phi) is 4.82. The molecule has 2 N–H and O–H groups in total. The van der Waals surface area contributed by atoms with Crippen LogP contribution in [0.1, 0.15) is 29.8 Å². The van der Waals surface area contributed by atoms with Gasteiger partial charge in [0.25, 0.3) is 0 Å². The summed E-state index contributed by atoms with van der Waals surface area (Å²) in [6, 6.07) is 14.6. The van der Waals surface area contributed by atoms with E-state index in [0.29, 0.717) is 6.54 Å². The van der Waals surface area contributed by atoms with Crippen LogP contribution >= 0.6 is 0 Å². The third-order valence-electron chi connectivity index (χ3n) is 2.93. The van der Waals surface area contributed by atoms with Gasteiger partial charge in [-0.15, -0.1) is 0 Å². The molecule has 0 bridgehead atoms. The van der Waals surface area contributed by atoms with Gasteiger partial charge in [0.05, 0.1) is 11.7 Å². The van der Waals surface area contributed by atoms with Crippen LogP contribution < -0.4 is 10.1 Å². The third-order valence-corrected chi connectivity index (χ3v) is 2.93. The van der Waals surface area contributed by atoms with E-state index in [2.05, 4.69) is 5.32 Å². The third kappa shape index (κ3) is 4.24. The number of benzene rings is 2. The number of hydrogen-bond donors (Lipinski definition) is 2. The van der Waals surface area contributed by atoms with Gasteiger partial charge in [0.1, 0.15) is 5.75 Å². The Bertz CT molecular complexity index is 623. The summed E-state index contributed by atoms with van der Waals surface area (Å²) in [5.74, 6) is -0.0865. The summed E-state index contributed by atoms with van der Waals surface area (Å²) in [6.45, 7) is 4.55. The maximum atomic E-state index is 11.0. The van der Waals surface area contributed by atoms with Gasteiger partial charge in [0.15, 0.2) is 0 Å². The minimum atomic E-state index is -0.929. The Labute approximate surface area is 124 Å². The minimum absolute atomic E-state index is 0.112. The molecule has 0 saturated carbocycles. The van der Waals surface area contributed by atoms with Crippen molar-refractivity contribution in [1.29, 1.82) is 0 Å². The van der Waals surface area contributed by atoms with Crippen molar-refractivity contribution in [2.45, 2.75) is 26.5 Å². The fourth-order valence-electron chi connectivity index (χ4n) is 1.98. The summed E-state index contributed by atoms with van der Waals surface area (Å²) in [4.78, 5) is 11.0. The predicted molar refractivity (Wildman–Crippen MR) is 82.9 cm³/mol. The van der Waals surface area contributed by atoms with E-state index in [1.54, 1.807) is 18.2 Å². The lowest BCUT2D eigenvalue weighted by Crippen LogP contribution is -2.09. The second-order valence-corrected chi connectivity index (χ2v) is 5.01. The van der Waals surface area contributed by atoms with Gasteiger partial charge in [-0.2, -0.15) is 0 Å². The normalized spacial score (nSPS) is 10.4. The Balaban J connectivity index is 2.09. The van der Waals surface area contributed by atoms with E-state index < -0.39 is 5.97 Å². The lowest BCUT2D eigenvalue weighted by atomic mass is 10.1. The monoisotopic (exact) mass is 285 g/mol. The first-order chi connectivity index (χ1) is 10.1. The van der Waals surface area contributed by atoms with E-state index in [-0.39, 0.29) is 11.7 Å². The summed E-state index contributed by atoms with van der Waals surface area (Å²) in [7, 11) is 0. The number of nitrogens with one attached hydrogen (secondary N) is 1. The number of anilines is 1. The second-order valence-electron chi connectivity index (χ2n) is 5.01. The van der Waals surface area contributed by atoms with Gasteiger partial charge in [-0.3, -0.25) is 0 Å². The number of ether oxygens (including phenoxy) is 1. The molecule has 0 radical (unpaired) electrons. The van der Waals surface area contributed by atoms with Crippen molar-refractivity contribution in [3.63, 3.8) is 0 Å². The summed E-state index contributed by atoms with van der Waals surface area (Å²) in [6.07, 6.45) is 0.112. The number of carboxylic acids is 1. The average molecular weight is 285 g/mol. The Hall–Kier alpha value is -2.49. The van der Waals surface area contributed by atoms with Crippen molar-refractivity contribution in [3.05, 3.63) is 59.7 Å². The molecule has 2 aromatic carbocycles. The van der Waals surface area contributed by atoms with Crippen LogP contribution in [0.5, 0.6) is 5.75 Å². The average Bonchev–Trinajstić information content (AvgIpc) is 2.46. The largest absolute Gasteiger partial charge is 0.491 e. The van der Waals surface area contributed by atoms with Crippen LogP contribution in [0.2, 0.25) is 0 Å². The van der Waals surface area contributed by atoms with Gasteiger partial charge >= 0.3 is 5.97 Å². The van der Waals surface area contributed by atoms with E-state index in [4.69, 9.17) is 9.84 Å². The second kappa shape index (κ2) is 6.79. The van der Waals surface area contributed by atoms with Gasteiger partial charge in [0.2, 0.25) is 0 Å². The maximum Gasteiger partial charge on any atom is 0.335 e. The number of aromatic carboxylic acids is 1. The van der Waals surface area contributed by atoms with Gasteiger partial charge < -0.3 is 15.2 Å². The smallest absolute Gasteiger partial charge is 0.335 e. The molecule has 0 amide bonds. The fraction of sp³-hybridized carbons (Fsp3) is 0.235. The number of carboxylic acid groups (broad SMARTS) is 1. The van der Waals surface area contributed by atoms with E-state index in [0.717, 1.165) is 17.0 Å². The van der Waals surface area contributed by atoms with Crippen LogP contribution in [0.15, 0.2) is 48.5 Å². The first-order valence-corrected chi connectivity index (χ1v) is 6.88. The van der Waals surface area contributed by atoms with Crippen molar-refractivity contribution in [1.82, 2.24) is 0 Å². The molecule has 0 fully saturated rings. The summed E-state index contributed by atoms with van der Waals surface area (Å²) in [5, 5.41) is 12.2. The summed E-state index contributed by atoms with van der Waals surface area (Å²) >= 11 is 0. The van der Waals surface area contributed by atoms with Gasteiger partial charge in [-0.05, 0) is 38.1 Å². The lowest BCUT2D eigenvalue weighted by molar-refractivity contribution is 0.0697. The molecule has 0 aliphatic rings. The quantitative estimate of drug-likeness (QED) is 0.848. The minimum Gasteiger partial charge on any atom is -0.491 e. The van der Waals surface area contributed by atoms with Crippen LogP contribution in [0, 0.1) is 0 Å². The van der Waals surface area contributed by atoms with Gasteiger partial charge in [-0.25, -0.2) is 4.79 Å². The Morgan fingerprint density at radius 2 is 1.95 bits per heavy atom. The summed E-state index contributed by atoms with van der Waals surface area (Å²) in [5.41, 5.74) is 2.08. The molecule has 21 heavy (non-hydrogen) atoms. The van der Waals surface area contributed by atoms with E-state index in [1.165, 1.54) is 0 Å². The highest BCUT2D eigenvalue weighted by Crippen LogP contribution is 2.21. The van der Waals surface area contributed by atoms with Crippen LogP contribution in [-0.4, -0.2) is 17.2 Å². The van der Waals surface area contributed by atoms with Crippen molar-refractivity contribution in [3.8, 4) is 5.75 Å². The first kappa shape index (κ1) is 14.9. The molecule has 0 atom stereocenters. The molecule has 4 nitrogen and oxygen atoms in total. The molecular formula is C17H19NO3. The molecule has 0 aliphatic carbocycles.